The zero-order chi connectivity index (χ0) is 26.6. The van der Waals surface area contributed by atoms with Gasteiger partial charge in [-0.15, -0.1) is 0 Å². The molecular weight excluding hydrogens is 509 g/mol. The number of aliphatic hydroxyl groups is 1. The van der Waals surface area contributed by atoms with Crippen LogP contribution in [0.1, 0.15) is 25.2 Å². The Hall–Kier alpha value is -3.31. The monoisotopic (exact) mass is 534 g/mol. The van der Waals surface area contributed by atoms with Crippen LogP contribution in [0, 0.1) is 0 Å². The summed E-state index contributed by atoms with van der Waals surface area (Å²) in [7, 11) is 1.41. The van der Waals surface area contributed by atoms with Crippen LogP contribution in [0.25, 0.3) is 11.4 Å². The number of halogens is 4. The van der Waals surface area contributed by atoms with E-state index in [1.807, 2.05) is 19.1 Å². The molecule has 4 N–H and O–H groups in total. The quantitative estimate of drug-likeness (QED) is 0.243. The van der Waals surface area contributed by atoms with Crippen LogP contribution in [0.3, 0.4) is 0 Å². The predicted octanol–water partition coefficient (Wildman–Crippen LogP) is 6.24. The van der Waals surface area contributed by atoms with Gasteiger partial charge in [0.15, 0.2) is 6.29 Å². The summed E-state index contributed by atoms with van der Waals surface area (Å²) in [5, 5.41) is 15.9. The minimum atomic E-state index is -4.49. The number of aromatic amines is 1. The van der Waals surface area contributed by atoms with E-state index in [-0.39, 0.29) is 11.2 Å². The molecule has 0 spiro atoms. The van der Waals surface area contributed by atoms with E-state index in [2.05, 4.69) is 20.6 Å². The van der Waals surface area contributed by atoms with Crippen molar-refractivity contribution in [2.45, 2.75) is 38.0 Å². The molecule has 1 aromatic carbocycles. The van der Waals surface area contributed by atoms with Gasteiger partial charge in [-0.2, -0.15) is 13.2 Å². The Labute approximate surface area is 217 Å². The number of rotatable bonds is 9. The number of aromatic nitrogens is 2. The lowest BCUT2D eigenvalue weighted by Crippen LogP contribution is -2.41. The van der Waals surface area contributed by atoms with E-state index < -0.39 is 24.1 Å². The molecule has 2 aromatic heterocycles. The molecule has 37 heavy (non-hydrogen) atoms. The van der Waals surface area contributed by atoms with Crippen LogP contribution in [0.2, 0.25) is 0 Å². The molecule has 0 radical (unpaired) electrons. The Bertz CT molecular complexity index is 1270. The van der Waals surface area contributed by atoms with E-state index >= 15 is 0 Å². The van der Waals surface area contributed by atoms with Crippen molar-refractivity contribution in [2.24, 2.45) is 0 Å². The van der Waals surface area contributed by atoms with Crippen molar-refractivity contribution in [3.05, 3.63) is 83.2 Å². The van der Waals surface area contributed by atoms with Crippen molar-refractivity contribution in [1.82, 2.24) is 15.3 Å². The largest absolute Gasteiger partial charge is 0.457 e. The van der Waals surface area contributed by atoms with Crippen molar-refractivity contribution in [3.63, 3.8) is 0 Å². The number of hydrogen-bond donors (Lipinski definition) is 4. The fourth-order valence-electron chi connectivity index (χ4n) is 3.86. The van der Waals surface area contributed by atoms with E-state index in [1.165, 1.54) is 13.2 Å². The molecule has 7 nitrogen and oxygen atoms in total. The number of ether oxygens (including phenoxy) is 2. The van der Waals surface area contributed by atoms with Crippen LogP contribution in [0.4, 0.5) is 18.9 Å². The summed E-state index contributed by atoms with van der Waals surface area (Å²) < 4.78 is 50.2. The zero-order valence-corrected chi connectivity index (χ0v) is 20.8. The number of anilines is 1. The summed E-state index contributed by atoms with van der Waals surface area (Å²) in [5.74, 6) is 1.16. The minimum absolute atomic E-state index is 0.273. The van der Waals surface area contributed by atoms with E-state index in [0.29, 0.717) is 34.9 Å². The number of nitrogens with zero attached hydrogens (tertiary/aromatic N) is 1. The van der Waals surface area contributed by atoms with Crippen molar-refractivity contribution < 1.29 is 27.8 Å². The van der Waals surface area contributed by atoms with Gasteiger partial charge in [0, 0.05) is 47.9 Å². The minimum Gasteiger partial charge on any atom is -0.457 e. The van der Waals surface area contributed by atoms with Crippen LogP contribution < -0.4 is 15.4 Å². The maximum Gasteiger partial charge on any atom is 0.417 e. The van der Waals surface area contributed by atoms with Crippen LogP contribution in [0.5, 0.6) is 11.5 Å². The number of benzene rings is 1. The number of hydrogen-bond acceptors (Lipinski definition) is 6. The van der Waals surface area contributed by atoms with Gasteiger partial charge in [0.1, 0.15) is 11.5 Å². The van der Waals surface area contributed by atoms with Gasteiger partial charge in [-0.25, -0.2) is 0 Å². The molecule has 1 aliphatic carbocycles. The number of methoxy groups -OCH3 is 1. The molecule has 0 bridgehead atoms. The average molecular weight is 535 g/mol. The topological polar surface area (TPSA) is 91.4 Å². The SMILES string of the molecule is COC(O)c1c[nH]c(-c2cc(Oc3ccc(NC(C)NC4C=C(C(F)(F)F)C(Cl)=CC4)cc3)ccn2)c1. The van der Waals surface area contributed by atoms with Crippen molar-refractivity contribution in [3.8, 4) is 22.9 Å². The summed E-state index contributed by atoms with van der Waals surface area (Å²) in [6.45, 7) is 1.82. The van der Waals surface area contributed by atoms with Crippen LogP contribution in [-0.2, 0) is 4.74 Å². The molecule has 0 fully saturated rings. The third-order valence-electron chi connectivity index (χ3n) is 5.64. The summed E-state index contributed by atoms with van der Waals surface area (Å²) in [6.07, 6.45) is 0.296. The summed E-state index contributed by atoms with van der Waals surface area (Å²) >= 11 is 5.73. The predicted molar refractivity (Wildman–Crippen MR) is 135 cm³/mol. The second-order valence-corrected chi connectivity index (χ2v) is 8.85. The molecule has 11 heteroatoms. The molecule has 2 heterocycles. The number of pyridine rings is 1. The summed E-state index contributed by atoms with van der Waals surface area (Å²) in [5.41, 5.74) is 1.85. The number of alkyl halides is 3. The first-order valence-corrected chi connectivity index (χ1v) is 11.8. The van der Waals surface area contributed by atoms with Gasteiger partial charge in [0.25, 0.3) is 0 Å². The third kappa shape index (κ3) is 6.92. The highest BCUT2D eigenvalue weighted by Gasteiger charge is 2.37. The van der Waals surface area contributed by atoms with Gasteiger partial charge < -0.3 is 24.9 Å². The van der Waals surface area contributed by atoms with Crippen molar-refractivity contribution >= 4 is 17.3 Å². The van der Waals surface area contributed by atoms with Crippen LogP contribution in [-0.4, -0.2) is 40.6 Å². The van der Waals surface area contributed by atoms with E-state index in [1.54, 1.807) is 42.7 Å². The van der Waals surface area contributed by atoms with Gasteiger partial charge in [-0.3, -0.25) is 10.3 Å². The maximum absolute atomic E-state index is 13.1. The smallest absolute Gasteiger partial charge is 0.417 e. The van der Waals surface area contributed by atoms with Crippen LogP contribution >= 0.6 is 11.6 Å². The fraction of sp³-hybridized carbons (Fsp3) is 0.269. The van der Waals surface area contributed by atoms with E-state index in [4.69, 9.17) is 21.1 Å². The fourth-order valence-corrected chi connectivity index (χ4v) is 4.12. The van der Waals surface area contributed by atoms with Gasteiger partial charge in [-0.05, 0) is 49.7 Å². The second-order valence-electron chi connectivity index (χ2n) is 8.44. The van der Waals surface area contributed by atoms with Gasteiger partial charge >= 0.3 is 6.18 Å². The van der Waals surface area contributed by atoms with Gasteiger partial charge in [0.2, 0.25) is 0 Å². The summed E-state index contributed by atoms with van der Waals surface area (Å²) in [6, 6.07) is 11.9. The van der Waals surface area contributed by atoms with E-state index in [0.717, 1.165) is 11.8 Å². The molecule has 0 amide bonds. The lowest BCUT2D eigenvalue weighted by molar-refractivity contribution is -0.0893. The maximum atomic E-state index is 13.1. The highest BCUT2D eigenvalue weighted by molar-refractivity contribution is 6.32. The normalized spacial score (nSPS) is 17.5. The highest BCUT2D eigenvalue weighted by Crippen LogP contribution is 2.36. The first-order chi connectivity index (χ1) is 17.6. The Morgan fingerprint density at radius 2 is 1.92 bits per heavy atom. The lowest BCUT2D eigenvalue weighted by atomic mass is 10.0. The molecule has 3 unspecified atom stereocenters. The molecule has 196 valence electrons. The number of H-pyrrole nitrogens is 1. The molecule has 4 rings (SSSR count). The van der Waals surface area contributed by atoms with E-state index in [9.17, 15) is 18.3 Å². The number of nitrogens with one attached hydrogen (secondary N) is 3. The second kappa shape index (κ2) is 11.4. The molecule has 1 aliphatic rings. The van der Waals surface area contributed by atoms with Gasteiger partial charge in [0.05, 0.1) is 23.1 Å². The molecular formula is C26H26ClF3N4O3. The standard InChI is InChI=1S/C26H26ClF3N4O3/c1-15(34-18-5-8-22(27)21(12-18)26(28,29)30)33-17-3-6-19(7-4-17)37-20-9-10-31-24(13-20)23-11-16(14-32-23)25(35)36-2/h3-4,6-15,18,25,32-35H,5H2,1-2H3. The van der Waals surface area contributed by atoms with Gasteiger partial charge in [-0.1, -0.05) is 23.8 Å². The molecule has 0 aliphatic heterocycles. The van der Waals surface area contributed by atoms with Crippen molar-refractivity contribution in [1.29, 1.82) is 0 Å². The lowest BCUT2D eigenvalue weighted by Gasteiger charge is -2.26. The summed E-state index contributed by atoms with van der Waals surface area (Å²) in [4.78, 5) is 7.39. The van der Waals surface area contributed by atoms with Crippen molar-refractivity contribution in [2.75, 3.05) is 12.4 Å². The number of aliphatic hydroxyl groups excluding tert-OH is 1. The molecule has 0 saturated heterocycles. The Kier molecular flexibility index (Phi) is 8.23. The first-order valence-electron chi connectivity index (χ1n) is 11.4. The highest BCUT2D eigenvalue weighted by atomic mass is 35.5. The molecule has 0 saturated carbocycles. The Morgan fingerprint density at radius 1 is 1.16 bits per heavy atom. The molecule has 3 atom stereocenters. The average Bonchev–Trinajstić information content (AvgIpc) is 3.36. The van der Waals surface area contributed by atoms with Crippen LogP contribution in [0.15, 0.2) is 77.6 Å². The third-order valence-corrected chi connectivity index (χ3v) is 6.00. The number of allylic oxidation sites excluding steroid dienone is 2. The first kappa shape index (κ1) is 26.7. The molecule has 3 aromatic rings. The Morgan fingerprint density at radius 3 is 2.62 bits per heavy atom. The Balaban J connectivity index is 1.35. The zero-order valence-electron chi connectivity index (χ0n) is 20.0.